The third-order valence-corrected chi connectivity index (χ3v) is 6.24. The lowest BCUT2D eigenvalue weighted by atomic mass is 10.00. The van der Waals surface area contributed by atoms with E-state index in [0.29, 0.717) is 35.9 Å². The van der Waals surface area contributed by atoms with Crippen LogP contribution in [0.3, 0.4) is 0 Å². The highest BCUT2D eigenvalue weighted by molar-refractivity contribution is 5.98. The normalized spacial score (nSPS) is 17.3. The zero-order chi connectivity index (χ0) is 24.1. The average molecular weight is 462 g/mol. The molecule has 0 aromatic heterocycles. The summed E-state index contributed by atoms with van der Waals surface area (Å²) in [6.07, 6.45) is 3.43. The van der Waals surface area contributed by atoms with Crippen molar-refractivity contribution < 1.29 is 28.6 Å². The molecule has 1 aliphatic heterocycles. The van der Waals surface area contributed by atoms with E-state index < -0.39 is 11.9 Å². The topological polar surface area (TPSA) is 106 Å². The van der Waals surface area contributed by atoms with Gasteiger partial charge in [-0.25, -0.2) is 0 Å². The van der Waals surface area contributed by atoms with Crippen LogP contribution in [0.1, 0.15) is 49.9 Å². The van der Waals surface area contributed by atoms with E-state index in [4.69, 9.17) is 14.2 Å². The first kappa shape index (κ1) is 24.7. The minimum atomic E-state index is -0.706. The fraction of sp³-hybridized carbons (Fsp3) is 0.625. The molecule has 0 spiro atoms. The Bertz CT molecular complexity index is 850. The van der Waals surface area contributed by atoms with Crippen LogP contribution in [0.25, 0.3) is 0 Å². The van der Waals surface area contributed by atoms with Crippen LogP contribution in [-0.2, 0) is 9.59 Å². The second-order valence-electron chi connectivity index (χ2n) is 8.99. The molecule has 33 heavy (non-hydrogen) atoms. The van der Waals surface area contributed by atoms with Crippen molar-refractivity contribution in [3.63, 3.8) is 0 Å². The van der Waals surface area contributed by atoms with Gasteiger partial charge in [0.25, 0.3) is 5.91 Å². The zero-order valence-corrected chi connectivity index (χ0v) is 20.1. The van der Waals surface area contributed by atoms with E-state index in [1.807, 2.05) is 18.7 Å². The predicted octanol–water partition coefficient (Wildman–Crippen LogP) is 1.98. The average Bonchev–Trinajstić information content (AvgIpc) is 3.66. The number of hydrogen-bond acceptors (Lipinski definition) is 6. The lowest BCUT2D eigenvalue weighted by Gasteiger charge is -2.33. The van der Waals surface area contributed by atoms with Gasteiger partial charge in [-0.15, -0.1) is 0 Å². The highest BCUT2D eigenvalue weighted by Gasteiger charge is 2.35. The highest BCUT2D eigenvalue weighted by Crippen LogP contribution is 2.38. The summed E-state index contributed by atoms with van der Waals surface area (Å²) >= 11 is 0. The second kappa shape index (κ2) is 10.8. The van der Waals surface area contributed by atoms with Crippen LogP contribution in [0.15, 0.2) is 12.1 Å². The van der Waals surface area contributed by atoms with Crippen LogP contribution in [0.2, 0.25) is 0 Å². The van der Waals surface area contributed by atoms with Crippen LogP contribution < -0.4 is 24.8 Å². The van der Waals surface area contributed by atoms with Crippen molar-refractivity contribution in [1.82, 2.24) is 15.5 Å². The summed E-state index contributed by atoms with van der Waals surface area (Å²) in [5.74, 6) is 0.823. The number of rotatable bonds is 9. The molecule has 2 fully saturated rings. The molecule has 1 aromatic rings. The van der Waals surface area contributed by atoms with E-state index in [1.54, 1.807) is 12.1 Å². The monoisotopic (exact) mass is 461 g/mol. The Labute approximate surface area is 195 Å². The molecule has 0 unspecified atom stereocenters. The Balaban J connectivity index is 1.62. The van der Waals surface area contributed by atoms with Crippen molar-refractivity contribution in [1.29, 1.82) is 0 Å². The first-order chi connectivity index (χ1) is 15.8. The Kier molecular flexibility index (Phi) is 8.05. The van der Waals surface area contributed by atoms with Gasteiger partial charge in [0.1, 0.15) is 6.04 Å². The van der Waals surface area contributed by atoms with Crippen LogP contribution in [0, 0.1) is 11.8 Å². The van der Waals surface area contributed by atoms with Crippen molar-refractivity contribution in [2.75, 3.05) is 34.4 Å². The number of piperidine rings is 1. The van der Waals surface area contributed by atoms with E-state index in [-0.39, 0.29) is 29.7 Å². The lowest BCUT2D eigenvalue weighted by molar-refractivity contribution is -0.133. The first-order valence-electron chi connectivity index (χ1n) is 11.5. The molecule has 1 heterocycles. The molecule has 0 radical (unpaired) electrons. The molecule has 1 aromatic carbocycles. The maximum Gasteiger partial charge on any atom is 0.252 e. The van der Waals surface area contributed by atoms with Gasteiger partial charge in [0.2, 0.25) is 17.6 Å². The minimum absolute atomic E-state index is 0.0138. The number of amides is 3. The molecule has 1 saturated carbocycles. The molecule has 2 aliphatic rings. The summed E-state index contributed by atoms with van der Waals surface area (Å²) in [6, 6.07) is 2.39. The Morgan fingerprint density at radius 3 is 1.97 bits per heavy atom. The Hall–Kier alpha value is -2.97. The number of carbonyl (C=O) groups excluding carboxylic acids is 3. The van der Waals surface area contributed by atoms with Gasteiger partial charge < -0.3 is 29.7 Å². The van der Waals surface area contributed by atoms with Crippen molar-refractivity contribution in [3.05, 3.63) is 17.7 Å². The molecule has 0 bridgehead atoms. The number of carbonyl (C=O) groups is 3. The molecule has 9 nitrogen and oxygen atoms in total. The number of benzene rings is 1. The Morgan fingerprint density at radius 1 is 0.939 bits per heavy atom. The quantitative estimate of drug-likeness (QED) is 0.583. The summed E-state index contributed by atoms with van der Waals surface area (Å²) in [6.45, 7) is 5.09. The second-order valence-corrected chi connectivity index (χ2v) is 8.99. The standard InChI is InChI=1S/C24H35N3O6/c1-14(2)20(23(29)25-17-8-10-27(11-9-17)24(30)15-6-7-15)26-22(28)16-12-18(31-3)21(33-5)19(13-16)32-4/h12-15,17,20H,6-11H2,1-5H3,(H,25,29)(H,26,28)/t20-/m1/s1. The molecule has 9 heteroatoms. The molecule has 2 N–H and O–H groups in total. The van der Waals surface area contributed by atoms with E-state index in [9.17, 15) is 14.4 Å². The molecule has 3 amide bonds. The number of methoxy groups -OCH3 is 3. The van der Waals surface area contributed by atoms with Crippen LogP contribution >= 0.6 is 0 Å². The van der Waals surface area contributed by atoms with Crippen molar-refractivity contribution >= 4 is 17.7 Å². The zero-order valence-electron chi connectivity index (χ0n) is 20.1. The van der Waals surface area contributed by atoms with Gasteiger partial charge in [0.15, 0.2) is 11.5 Å². The van der Waals surface area contributed by atoms with Crippen LogP contribution in [0.4, 0.5) is 0 Å². The van der Waals surface area contributed by atoms with E-state index in [2.05, 4.69) is 10.6 Å². The molecule has 1 atom stereocenters. The molecule has 3 rings (SSSR count). The van der Waals surface area contributed by atoms with Gasteiger partial charge in [-0.3, -0.25) is 14.4 Å². The van der Waals surface area contributed by atoms with Crippen molar-refractivity contribution in [2.45, 2.75) is 51.6 Å². The molecular formula is C24H35N3O6. The fourth-order valence-electron chi connectivity index (χ4n) is 4.10. The van der Waals surface area contributed by atoms with Gasteiger partial charge in [-0.05, 0) is 43.7 Å². The van der Waals surface area contributed by atoms with Gasteiger partial charge in [-0.2, -0.15) is 0 Å². The number of nitrogens with zero attached hydrogens (tertiary/aromatic N) is 1. The number of likely N-dealkylation sites (tertiary alicyclic amines) is 1. The fourth-order valence-corrected chi connectivity index (χ4v) is 4.10. The lowest BCUT2D eigenvalue weighted by Crippen LogP contribution is -2.54. The summed E-state index contributed by atoms with van der Waals surface area (Å²) in [4.78, 5) is 40.2. The number of nitrogens with one attached hydrogen (secondary N) is 2. The smallest absolute Gasteiger partial charge is 0.252 e. The third kappa shape index (κ3) is 5.89. The largest absolute Gasteiger partial charge is 0.493 e. The molecule has 182 valence electrons. The van der Waals surface area contributed by atoms with Crippen molar-refractivity contribution in [3.8, 4) is 17.2 Å². The summed E-state index contributed by atoms with van der Waals surface area (Å²) in [5.41, 5.74) is 0.301. The van der Waals surface area contributed by atoms with E-state index >= 15 is 0 Å². The van der Waals surface area contributed by atoms with Gasteiger partial charge in [0, 0.05) is 30.6 Å². The highest BCUT2D eigenvalue weighted by atomic mass is 16.5. The molecule has 1 saturated heterocycles. The van der Waals surface area contributed by atoms with E-state index in [1.165, 1.54) is 21.3 Å². The predicted molar refractivity (Wildman–Crippen MR) is 123 cm³/mol. The number of ether oxygens (including phenoxy) is 3. The van der Waals surface area contributed by atoms with Gasteiger partial charge in [-0.1, -0.05) is 13.8 Å². The van der Waals surface area contributed by atoms with E-state index in [0.717, 1.165) is 25.7 Å². The molecular weight excluding hydrogens is 426 g/mol. The molecule has 1 aliphatic carbocycles. The van der Waals surface area contributed by atoms with Crippen LogP contribution in [-0.4, -0.2) is 69.1 Å². The SMILES string of the molecule is COc1cc(C(=O)N[C@@H](C(=O)NC2CCN(C(=O)C3CC3)CC2)C(C)C)cc(OC)c1OC. The summed E-state index contributed by atoms with van der Waals surface area (Å²) in [5, 5.41) is 5.91. The third-order valence-electron chi connectivity index (χ3n) is 6.24. The number of hydrogen-bond donors (Lipinski definition) is 2. The Morgan fingerprint density at radius 2 is 1.52 bits per heavy atom. The first-order valence-corrected chi connectivity index (χ1v) is 11.5. The van der Waals surface area contributed by atoms with Crippen LogP contribution in [0.5, 0.6) is 17.2 Å². The minimum Gasteiger partial charge on any atom is -0.493 e. The van der Waals surface area contributed by atoms with Gasteiger partial charge >= 0.3 is 0 Å². The maximum atomic E-state index is 13.0. The summed E-state index contributed by atoms with van der Waals surface area (Å²) in [7, 11) is 4.45. The van der Waals surface area contributed by atoms with Gasteiger partial charge in [0.05, 0.1) is 21.3 Å². The van der Waals surface area contributed by atoms with Crippen molar-refractivity contribution in [2.24, 2.45) is 11.8 Å². The maximum absolute atomic E-state index is 13.0. The summed E-state index contributed by atoms with van der Waals surface area (Å²) < 4.78 is 15.9.